The molecule has 4 nitrogen and oxygen atoms in total. The number of esters is 1. The first kappa shape index (κ1) is 19.2. The first-order chi connectivity index (χ1) is 12.8. The SMILES string of the molecule is Cc1nn(C(C)(C)C)c(OC(=O)c2ccccc2F)c1Sc1ccccc1. The summed E-state index contributed by atoms with van der Waals surface area (Å²) in [6.45, 7) is 7.78. The Balaban J connectivity index is 2.03. The number of carbonyl (C=O) groups excluding carboxylic acids is 1. The number of carbonyl (C=O) groups is 1. The van der Waals surface area contributed by atoms with Gasteiger partial charge in [0.05, 0.1) is 21.7 Å². The van der Waals surface area contributed by atoms with Crippen LogP contribution in [0.3, 0.4) is 0 Å². The Labute approximate surface area is 162 Å². The van der Waals surface area contributed by atoms with Gasteiger partial charge in [0.1, 0.15) is 5.82 Å². The summed E-state index contributed by atoms with van der Waals surface area (Å²) in [5.74, 6) is -1.03. The van der Waals surface area contributed by atoms with E-state index >= 15 is 0 Å². The zero-order valence-electron chi connectivity index (χ0n) is 15.7. The average Bonchev–Trinajstić information content (AvgIpc) is 2.92. The molecule has 6 heteroatoms. The molecule has 0 saturated carbocycles. The molecule has 0 bridgehead atoms. The van der Waals surface area contributed by atoms with Crippen LogP contribution in [-0.2, 0) is 5.54 Å². The predicted molar refractivity (Wildman–Crippen MR) is 104 cm³/mol. The van der Waals surface area contributed by atoms with Gasteiger partial charge in [-0.25, -0.2) is 13.9 Å². The fraction of sp³-hybridized carbons (Fsp3) is 0.238. The summed E-state index contributed by atoms with van der Waals surface area (Å²) in [4.78, 5) is 14.3. The van der Waals surface area contributed by atoms with Crippen molar-refractivity contribution in [3.05, 3.63) is 71.7 Å². The van der Waals surface area contributed by atoms with Crippen molar-refractivity contribution in [3.63, 3.8) is 0 Å². The van der Waals surface area contributed by atoms with Gasteiger partial charge in [-0.15, -0.1) is 0 Å². The minimum atomic E-state index is -0.742. The van der Waals surface area contributed by atoms with Crippen LogP contribution in [0.2, 0.25) is 0 Å². The number of hydrogen-bond acceptors (Lipinski definition) is 4. The van der Waals surface area contributed by atoms with Crippen molar-refractivity contribution in [2.45, 2.75) is 43.0 Å². The minimum Gasteiger partial charge on any atom is -0.403 e. The number of nitrogens with zero attached hydrogens (tertiary/aromatic N) is 2. The molecule has 3 rings (SSSR count). The summed E-state index contributed by atoms with van der Waals surface area (Å²) < 4.78 is 21.3. The van der Waals surface area contributed by atoms with Crippen molar-refractivity contribution < 1.29 is 13.9 Å². The van der Waals surface area contributed by atoms with Crippen LogP contribution >= 0.6 is 11.8 Å². The maximum atomic E-state index is 14.0. The monoisotopic (exact) mass is 384 g/mol. The molecule has 0 radical (unpaired) electrons. The van der Waals surface area contributed by atoms with E-state index in [1.807, 2.05) is 58.0 Å². The number of halogens is 1. The maximum absolute atomic E-state index is 14.0. The molecule has 0 atom stereocenters. The molecular weight excluding hydrogens is 363 g/mol. The van der Waals surface area contributed by atoms with Crippen molar-refractivity contribution in [2.24, 2.45) is 0 Å². The Hall–Kier alpha value is -2.60. The molecule has 0 aliphatic carbocycles. The lowest BCUT2D eigenvalue weighted by Crippen LogP contribution is -2.25. The molecular formula is C21H21FN2O2S. The molecule has 0 unspecified atom stereocenters. The molecule has 2 aromatic carbocycles. The molecule has 0 aliphatic heterocycles. The third-order valence-electron chi connectivity index (χ3n) is 3.85. The van der Waals surface area contributed by atoms with Gasteiger partial charge < -0.3 is 4.74 Å². The summed E-state index contributed by atoms with van der Waals surface area (Å²) in [5.41, 5.74) is 0.230. The quantitative estimate of drug-likeness (QED) is 0.561. The normalized spacial score (nSPS) is 11.4. The third kappa shape index (κ3) is 4.22. The van der Waals surface area contributed by atoms with Crippen molar-refractivity contribution in [1.82, 2.24) is 9.78 Å². The maximum Gasteiger partial charge on any atom is 0.347 e. The standard InChI is InChI=1S/C21H21FN2O2S/c1-14-18(27-15-10-6-5-7-11-15)19(24(23-14)21(2,3)4)26-20(25)16-12-8-9-13-17(16)22/h5-13H,1-4H3. The number of benzene rings is 2. The van der Waals surface area contributed by atoms with Crippen molar-refractivity contribution in [2.75, 3.05) is 0 Å². The van der Waals surface area contributed by atoms with Gasteiger partial charge in [-0.05, 0) is 52.0 Å². The zero-order chi connectivity index (χ0) is 19.6. The van der Waals surface area contributed by atoms with Crippen LogP contribution in [0.1, 0.15) is 36.8 Å². The first-order valence-corrected chi connectivity index (χ1v) is 9.38. The molecule has 0 saturated heterocycles. The van der Waals surface area contributed by atoms with Crippen LogP contribution in [0.25, 0.3) is 0 Å². The Bertz CT molecular complexity index is 962. The van der Waals surface area contributed by atoms with E-state index in [-0.39, 0.29) is 5.56 Å². The number of ether oxygens (including phenoxy) is 1. The molecule has 27 heavy (non-hydrogen) atoms. The molecule has 140 valence electrons. The third-order valence-corrected chi connectivity index (χ3v) is 5.03. The topological polar surface area (TPSA) is 44.1 Å². The van der Waals surface area contributed by atoms with E-state index in [0.29, 0.717) is 5.88 Å². The predicted octanol–water partition coefficient (Wildman–Crippen LogP) is 5.46. The highest BCUT2D eigenvalue weighted by Gasteiger charge is 2.28. The average molecular weight is 384 g/mol. The van der Waals surface area contributed by atoms with E-state index in [9.17, 15) is 9.18 Å². The van der Waals surface area contributed by atoms with Crippen LogP contribution in [0, 0.1) is 12.7 Å². The second-order valence-electron chi connectivity index (χ2n) is 7.09. The summed E-state index contributed by atoms with van der Waals surface area (Å²) in [6.07, 6.45) is 0. The van der Waals surface area contributed by atoms with Crippen LogP contribution in [0.15, 0.2) is 64.4 Å². The Morgan fingerprint density at radius 1 is 1.07 bits per heavy atom. The second kappa shape index (κ2) is 7.56. The van der Waals surface area contributed by atoms with E-state index < -0.39 is 17.3 Å². The lowest BCUT2D eigenvalue weighted by molar-refractivity contribution is 0.0699. The lowest BCUT2D eigenvalue weighted by Gasteiger charge is -2.22. The van der Waals surface area contributed by atoms with Crippen molar-refractivity contribution >= 4 is 17.7 Å². The van der Waals surface area contributed by atoms with Gasteiger partial charge in [-0.1, -0.05) is 42.1 Å². The van der Waals surface area contributed by atoms with E-state index in [1.54, 1.807) is 10.7 Å². The number of hydrogen-bond donors (Lipinski definition) is 0. The summed E-state index contributed by atoms with van der Waals surface area (Å²) in [6, 6.07) is 15.6. The van der Waals surface area contributed by atoms with E-state index in [4.69, 9.17) is 4.74 Å². The van der Waals surface area contributed by atoms with Gasteiger partial charge in [-0.3, -0.25) is 0 Å². The minimum absolute atomic E-state index is 0.104. The second-order valence-corrected chi connectivity index (χ2v) is 8.17. The fourth-order valence-corrected chi connectivity index (χ4v) is 3.46. The molecule has 0 N–H and O–H groups in total. The van der Waals surface area contributed by atoms with Crippen LogP contribution in [0.5, 0.6) is 5.88 Å². The molecule has 3 aromatic rings. The summed E-state index contributed by atoms with van der Waals surface area (Å²) in [5, 5.41) is 4.57. The largest absolute Gasteiger partial charge is 0.403 e. The highest BCUT2D eigenvalue weighted by atomic mass is 32.2. The molecule has 0 fully saturated rings. The van der Waals surface area contributed by atoms with Crippen LogP contribution in [0.4, 0.5) is 4.39 Å². The molecule has 1 aromatic heterocycles. The highest BCUT2D eigenvalue weighted by molar-refractivity contribution is 7.99. The molecule has 0 spiro atoms. The van der Waals surface area contributed by atoms with Crippen molar-refractivity contribution in [3.8, 4) is 5.88 Å². The van der Waals surface area contributed by atoms with Gasteiger partial charge in [0.2, 0.25) is 5.88 Å². The van der Waals surface area contributed by atoms with Gasteiger partial charge in [0.15, 0.2) is 0 Å². The molecule has 0 aliphatic rings. The van der Waals surface area contributed by atoms with Crippen molar-refractivity contribution in [1.29, 1.82) is 0 Å². The number of rotatable bonds is 4. The summed E-state index contributed by atoms with van der Waals surface area (Å²) in [7, 11) is 0. The van der Waals surface area contributed by atoms with Crippen LogP contribution in [-0.4, -0.2) is 15.7 Å². The smallest absolute Gasteiger partial charge is 0.347 e. The summed E-state index contributed by atoms with van der Waals surface area (Å²) >= 11 is 1.46. The number of aryl methyl sites for hydroxylation is 1. The van der Waals surface area contributed by atoms with Gasteiger partial charge in [0, 0.05) is 4.90 Å². The Morgan fingerprint density at radius 3 is 2.33 bits per heavy atom. The fourth-order valence-electron chi connectivity index (χ4n) is 2.53. The highest BCUT2D eigenvalue weighted by Crippen LogP contribution is 2.40. The molecule has 0 amide bonds. The zero-order valence-corrected chi connectivity index (χ0v) is 16.5. The van der Waals surface area contributed by atoms with Gasteiger partial charge >= 0.3 is 5.97 Å². The van der Waals surface area contributed by atoms with Gasteiger partial charge in [-0.2, -0.15) is 5.10 Å². The number of aromatic nitrogens is 2. The van der Waals surface area contributed by atoms with E-state index in [1.165, 1.54) is 30.0 Å². The van der Waals surface area contributed by atoms with Gasteiger partial charge in [0.25, 0.3) is 0 Å². The van der Waals surface area contributed by atoms with Crippen LogP contribution < -0.4 is 4.74 Å². The lowest BCUT2D eigenvalue weighted by atomic mass is 10.1. The molecule has 1 heterocycles. The first-order valence-electron chi connectivity index (χ1n) is 8.57. The Kier molecular flexibility index (Phi) is 5.37. The van der Waals surface area contributed by atoms with E-state index in [2.05, 4.69) is 5.10 Å². The Morgan fingerprint density at radius 2 is 1.70 bits per heavy atom. The van der Waals surface area contributed by atoms with E-state index in [0.717, 1.165) is 15.5 Å².